The summed E-state index contributed by atoms with van der Waals surface area (Å²) < 4.78 is 34.8. The largest absolute Gasteiger partial charge is 0.230 e. The van der Waals surface area contributed by atoms with Crippen LogP contribution < -0.4 is 14.0 Å². The van der Waals surface area contributed by atoms with Gasteiger partial charge in [0.1, 0.15) is 0 Å². The molecule has 0 bridgehead atoms. The van der Waals surface area contributed by atoms with Gasteiger partial charge in [0.15, 0.2) is 0 Å². The van der Waals surface area contributed by atoms with Gasteiger partial charge in [0.05, 0.1) is 19.9 Å². The van der Waals surface area contributed by atoms with Crippen molar-refractivity contribution in [3.63, 3.8) is 0 Å². The summed E-state index contributed by atoms with van der Waals surface area (Å²) in [7, 11) is -4.33. The fraction of sp³-hybridized carbons (Fsp3) is 1.00. The maximum Gasteiger partial charge on any atom is 0.230 e. The Morgan fingerprint density at radius 1 is 1.17 bits per heavy atom. The van der Waals surface area contributed by atoms with E-state index in [1.54, 1.807) is 0 Å². The first-order valence-corrected chi connectivity index (χ1v) is 5.39. The molecule has 0 heterocycles. The molecule has 1 aliphatic carbocycles. The van der Waals surface area contributed by atoms with E-state index in [0.717, 1.165) is 12.8 Å². The summed E-state index contributed by atoms with van der Waals surface area (Å²) in [6, 6.07) is 0. The third-order valence-corrected chi connectivity index (χ3v) is 2.79. The lowest BCUT2D eigenvalue weighted by Crippen LogP contribution is -2.63. The molecule has 0 radical (unpaired) electrons. The third-order valence-electron chi connectivity index (χ3n) is 1.85. The minimum Gasteiger partial charge on any atom is -0.183 e. The second-order valence-corrected chi connectivity index (χ2v) is 4.30. The molecule has 0 aromatic rings. The van der Waals surface area contributed by atoms with Gasteiger partial charge in [-0.2, -0.15) is 14.0 Å². The second-order valence-electron chi connectivity index (χ2n) is 2.81. The van der Waals surface area contributed by atoms with Crippen LogP contribution in [0.1, 0.15) is 25.7 Å². The van der Waals surface area contributed by atoms with Crippen molar-refractivity contribution in [2.24, 2.45) is 0 Å². The Labute approximate surface area is 77.8 Å². The van der Waals surface area contributed by atoms with Gasteiger partial charge in [-0.3, -0.25) is 0 Å². The van der Waals surface area contributed by atoms with Crippen LogP contribution in [0.15, 0.2) is 0 Å². The van der Waals surface area contributed by atoms with Crippen LogP contribution in [0.25, 0.3) is 0 Å². The zero-order valence-corrected chi connectivity index (χ0v) is 7.88. The Hall–Kier alpha value is 0.420. The van der Waals surface area contributed by atoms with Crippen LogP contribution in [0.4, 0.5) is 0 Å². The molecular formula is C6H10Cl2O4. The van der Waals surface area contributed by atoms with E-state index in [2.05, 4.69) is 4.29 Å². The molecule has 0 N–H and O–H groups in total. The highest BCUT2D eigenvalue weighted by Crippen LogP contribution is 2.26. The van der Waals surface area contributed by atoms with Crippen molar-refractivity contribution in [2.75, 3.05) is 0 Å². The van der Waals surface area contributed by atoms with Crippen molar-refractivity contribution in [3.8, 4) is 0 Å². The SMILES string of the molecule is [O-][Cl+3]([O-])([O-])OC1CCCCC1Cl. The van der Waals surface area contributed by atoms with Crippen molar-refractivity contribution in [3.05, 3.63) is 0 Å². The summed E-state index contributed by atoms with van der Waals surface area (Å²) >= 11 is 5.76. The van der Waals surface area contributed by atoms with Crippen LogP contribution in [-0.4, -0.2) is 11.5 Å². The first-order valence-electron chi connectivity index (χ1n) is 3.72. The second kappa shape index (κ2) is 4.09. The molecule has 6 heteroatoms. The Kier molecular flexibility index (Phi) is 3.58. The molecule has 1 saturated carbocycles. The van der Waals surface area contributed by atoms with Crippen LogP contribution in [0.2, 0.25) is 0 Å². The summed E-state index contributed by atoms with van der Waals surface area (Å²) in [6.07, 6.45) is 2.44. The number of hydrogen-bond acceptors (Lipinski definition) is 4. The van der Waals surface area contributed by atoms with Crippen LogP contribution in [0.5, 0.6) is 0 Å². The average Bonchev–Trinajstić information content (AvgIpc) is 1.91. The van der Waals surface area contributed by atoms with Crippen molar-refractivity contribution in [2.45, 2.75) is 37.2 Å². The van der Waals surface area contributed by atoms with Crippen LogP contribution >= 0.6 is 11.6 Å². The van der Waals surface area contributed by atoms with Gasteiger partial charge in [-0.15, -0.1) is 11.6 Å². The predicted octanol–water partition coefficient (Wildman–Crippen LogP) is -1.55. The Morgan fingerprint density at radius 3 is 2.25 bits per heavy atom. The fourth-order valence-electron chi connectivity index (χ4n) is 1.29. The van der Waals surface area contributed by atoms with Gasteiger partial charge in [0.25, 0.3) is 0 Å². The number of hydrogen-bond donors (Lipinski definition) is 0. The molecule has 72 valence electrons. The predicted molar refractivity (Wildman–Crippen MR) is 33.0 cm³/mol. The van der Waals surface area contributed by atoms with Gasteiger partial charge >= 0.3 is 0 Å². The maximum atomic E-state index is 10.2. The van der Waals surface area contributed by atoms with Crippen LogP contribution in [-0.2, 0) is 4.29 Å². The molecule has 12 heavy (non-hydrogen) atoms. The molecule has 0 spiro atoms. The highest BCUT2D eigenvalue weighted by molar-refractivity contribution is 6.21. The Bertz CT molecular complexity index is 147. The van der Waals surface area contributed by atoms with Gasteiger partial charge in [-0.25, -0.2) is 0 Å². The van der Waals surface area contributed by atoms with Crippen molar-refractivity contribution in [1.82, 2.24) is 0 Å². The van der Waals surface area contributed by atoms with Crippen molar-refractivity contribution >= 4 is 11.6 Å². The summed E-state index contributed by atoms with van der Waals surface area (Å²) in [5.41, 5.74) is 0. The highest BCUT2D eigenvalue weighted by atomic mass is 35.7. The lowest BCUT2D eigenvalue weighted by molar-refractivity contribution is -1.92. The van der Waals surface area contributed by atoms with Gasteiger partial charge in [0, 0.05) is 0 Å². The molecular weight excluding hydrogens is 207 g/mol. The van der Waals surface area contributed by atoms with E-state index in [-0.39, 0.29) is 5.38 Å². The Morgan fingerprint density at radius 2 is 1.75 bits per heavy atom. The molecule has 4 nitrogen and oxygen atoms in total. The lowest BCUT2D eigenvalue weighted by Gasteiger charge is -2.24. The van der Waals surface area contributed by atoms with E-state index in [1.807, 2.05) is 0 Å². The molecule has 1 aliphatic rings. The van der Waals surface area contributed by atoms with Gasteiger partial charge in [0.2, 0.25) is 6.10 Å². The molecule has 2 atom stereocenters. The molecule has 2 unspecified atom stereocenters. The first-order chi connectivity index (χ1) is 5.49. The van der Waals surface area contributed by atoms with E-state index in [9.17, 15) is 14.0 Å². The minimum atomic E-state index is -4.33. The minimum absolute atomic E-state index is 0.352. The first kappa shape index (κ1) is 10.5. The lowest BCUT2D eigenvalue weighted by atomic mass is 9.98. The van der Waals surface area contributed by atoms with E-state index in [1.165, 1.54) is 0 Å². The molecule has 1 fully saturated rings. The van der Waals surface area contributed by atoms with Gasteiger partial charge in [-0.05, 0) is 12.8 Å². The number of rotatable bonds is 2. The third kappa shape index (κ3) is 3.43. The normalized spacial score (nSPS) is 32.0. The number of halogens is 2. The molecule has 0 aromatic carbocycles. The summed E-state index contributed by atoms with van der Waals surface area (Å²) in [4.78, 5) is 0. The average molecular weight is 217 g/mol. The van der Waals surface area contributed by atoms with Gasteiger partial charge in [-0.1, -0.05) is 12.8 Å². The molecule has 0 aliphatic heterocycles. The van der Waals surface area contributed by atoms with E-state index in [4.69, 9.17) is 11.6 Å². The summed E-state index contributed by atoms with van der Waals surface area (Å²) in [5, 5.41) is -0.352. The number of alkyl halides is 1. The van der Waals surface area contributed by atoms with Crippen LogP contribution in [0.3, 0.4) is 0 Å². The smallest absolute Gasteiger partial charge is 0.183 e. The maximum absolute atomic E-state index is 10.2. The fourth-order valence-corrected chi connectivity index (χ4v) is 2.17. The molecule has 0 saturated heterocycles. The molecule has 0 aromatic heterocycles. The molecule has 1 rings (SSSR count). The van der Waals surface area contributed by atoms with Crippen LogP contribution in [0, 0.1) is 10.2 Å². The van der Waals surface area contributed by atoms with Crippen molar-refractivity contribution in [1.29, 1.82) is 0 Å². The van der Waals surface area contributed by atoms with Crippen molar-refractivity contribution < 1.29 is 28.5 Å². The van der Waals surface area contributed by atoms with Gasteiger partial charge < -0.3 is 0 Å². The standard InChI is InChI=1S/C6H10Cl2O4/c7-5-3-1-2-4-6(5)12-8(9,10)11/h5-6H,1-4H2. The highest BCUT2D eigenvalue weighted by Gasteiger charge is 2.36. The summed E-state index contributed by atoms with van der Waals surface area (Å²) in [5.74, 6) is 0. The zero-order valence-electron chi connectivity index (χ0n) is 6.37. The quantitative estimate of drug-likeness (QED) is 0.524. The Balaban J connectivity index is 2.39. The monoisotopic (exact) mass is 216 g/mol. The van der Waals surface area contributed by atoms with E-state index in [0.29, 0.717) is 12.8 Å². The summed E-state index contributed by atoms with van der Waals surface area (Å²) in [6.45, 7) is 0. The molecule has 0 amide bonds. The van der Waals surface area contributed by atoms with E-state index < -0.39 is 16.3 Å². The van der Waals surface area contributed by atoms with E-state index >= 15 is 0 Å². The zero-order chi connectivity index (χ0) is 9.19. The topological polar surface area (TPSA) is 78.4 Å².